The fourth-order valence-electron chi connectivity index (χ4n) is 2.76. The first-order valence-electron chi connectivity index (χ1n) is 6.63. The van der Waals surface area contributed by atoms with Gasteiger partial charge in [-0.25, -0.2) is 0 Å². The van der Waals surface area contributed by atoms with E-state index in [1.54, 1.807) is 0 Å². The Morgan fingerprint density at radius 3 is 2.41 bits per heavy atom. The van der Waals surface area contributed by atoms with E-state index in [-0.39, 0.29) is 6.29 Å². The summed E-state index contributed by atoms with van der Waals surface area (Å²) in [5.74, 6) is 0.644. The van der Waals surface area contributed by atoms with E-state index in [2.05, 4.69) is 12.1 Å². The minimum absolute atomic E-state index is 0.237. The highest BCUT2D eigenvalue weighted by atomic mass is 16.7. The van der Waals surface area contributed by atoms with Gasteiger partial charge in [-0.1, -0.05) is 25.3 Å². The second kappa shape index (κ2) is 5.15. The number of aromatic nitrogens is 1. The molecule has 2 aliphatic rings. The average molecular weight is 233 g/mol. The van der Waals surface area contributed by atoms with Crippen LogP contribution in [0.25, 0.3) is 0 Å². The summed E-state index contributed by atoms with van der Waals surface area (Å²) in [5.41, 5.74) is 2.16. The molecule has 3 rings (SSSR count). The Hall–Kier alpha value is -0.930. The monoisotopic (exact) mass is 233 g/mol. The second-order valence-corrected chi connectivity index (χ2v) is 4.90. The third-order valence-corrected chi connectivity index (χ3v) is 3.68. The number of pyridine rings is 1. The van der Waals surface area contributed by atoms with Crippen molar-refractivity contribution in [3.63, 3.8) is 0 Å². The molecule has 3 heteroatoms. The van der Waals surface area contributed by atoms with Crippen molar-refractivity contribution < 1.29 is 9.47 Å². The molecule has 1 aromatic heterocycles. The first-order valence-corrected chi connectivity index (χ1v) is 6.63. The van der Waals surface area contributed by atoms with Gasteiger partial charge in [0.1, 0.15) is 0 Å². The van der Waals surface area contributed by atoms with Crippen LogP contribution in [0.1, 0.15) is 55.7 Å². The van der Waals surface area contributed by atoms with Gasteiger partial charge < -0.3 is 9.47 Å². The Morgan fingerprint density at radius 2 is 1.65 bits per heavy atom. The lowest BCUT2D eigenvalue weighted by atomic mass is 9.86. The summed E-state index contributed by atoms with van der Waals surface area (Å²) in [7, 11) is 0. The zero-order valence-electron chi connectivity index (χ0n) is 10.1. The molecule has 0 unspecified atom stereocenters. The predicted octanol–water partition coefficient (Wildman–Crippen LogP) is 3.17. The summed E-state index contributed by atoms with van der Waals surface area (Å²) in [5, 5.41) is 0. The fourth-order valence-corrected chi connectivity index (χ4v) is 2.76. The quantitative estimate of drug-likeness (QED) is 0.786. The van der Waals surface area contributed by atoms with Crippen molar-refractivity contribution in [1.29, 1.82) is 0 Å². The lowest BCUT2D eigenvalue weighted by molar-refractivity contribution is -0.0474. The van der Waals surface area contributed by atoms with Crippen molar-refractivity contribution in [2.45, 2.75) is 44.3 Å². The lowest BCUT2D eigenvalue weighted by Gasteiger charge is -2.21. The molecule has 1 saturated heterocycles. The molecule has 0 amide bonds. The maximum absolute atomic E-state index is 5.50. The second-order valence-electron chi connectivity index (χ2n) is 4.90. The van der Waals surface area contributed by atoms with E-state index in [4.69, 9.17) is 14.5 Å². The number of hydrogen-bond donors (Lipinski definition) is 0. The Morgan fingerprint density at radius 1 is 0.941 bits per heavy atom. The standard InChI is InChI=1S/C14H19NO2/c1-2-5-11(6-3-1)12-7-4-8-13(15-12)14-16-9-10-17-14/h4,7-8,11,14H,1-3,5-6,9-10H2. The summed E-state index contributed by atoms with van der Waals surface area (Å²) in [4.78, 5) is 4.73. The Bertz CT molecular complexity index is 368. The average Bonchev–Trinajstić information content (AvgIpc) is 2.94. The molecule has 2 fully saturated rings. The van der Waals surface area contributed by atoms with E-state index >= 15 is 0 Å². The first kappa shape index (κ1) is 11.2. The zero-order chi connectivity index (χ0) is 11.5. The highest BCUT2D eigenvalue weighted by Gasteiger charge is 2.22. The summed E-state index contributed by atoms with van der Waals surface area (Å²) < 4.78 is 11.0. The van der Waals surface area contributed by atoms with Crippen LogP contribution in [0.15, 0.2) is 18.2 Å². The van der Waals surface area contributed by atoms with Gasteiger partial charge in [-0.05, 0) is 25.0 Å². The van der Waals surface area contributed by atoms with Gasteiger partial charge in [-0.2, -0.15) is 0 Å². The molecule has 1 aromatic rings. The van der Waals surface area contributed by atoms with Crippen LogP contribution in [0, 0.1) is 0 Å². The number of nitrogens with zero attached hydrogens (tertiary/aromatic N) is 1. The predicted molar refractivity (Wildman–Crippen MR) is 64.7 cm³/mol. The molecular formula is C14H19NO2. The highest BCUT2D eigenvalue weighted by molar-refractivity contribution is 5.16. The SMILES string of the molecule is c1cc(C2CCCCC2)nc(C2OCCO2)c1. The van der Waals surface area contributed by atoms with Crippen LogP contribution in [-0.2, 0) is 9.47 Å². The van der Waals surface area contributed by atoms with E-state index in [0.29, 0.717) is 19.1 Å². The van der Waals surface area contributed by atoms with Crippen molar-refractivity contribution in [1.82, 2.24) is 4.98 Å². The van der Waals surface area contributed by atoms with E-state index in [1.165, 1.54) is 37.8 Å². The van der Waals surface area contributed by atoms with Crippen LogP contribution in [0.3, 0.4) is 0 Å². The molecule has 1 aliphatic heterocycles. The van der Waals surface area contributed by atoms with Crippen molar-refractivity contribution in [3.05, 3.63) is 29.6 Å². The normalized spacial score (nSPS) is 23.1. The molecular weight excluding hydrogens is 214 g/mol. The van der Waals surface area contributed by atoms with Crippen LogP contribution in [0.2, 0.25) is 0 Å². The largest absolute Gasteiger partial charge is 0.345 e. The van der Waals surface area contributed by atoms with Crippen molar-refractivity contribution in [2.75, 3.05) is 13.2 Å². The van der Waals surface area contributed by atoms with Gasteiger partial charge in [0.15, 0.2) is 0 Å². The van der Waals surface area contributed by atoms with Gasteiger partial charge in [-0.3, -0.25) is 4.98 Å². The van der Waals surface area contributed by atoms with Crippen LogP contribution >= 0.6 is 0 Å². The molecule has 3 nitrogen and oxygen atoms in total. The van der Waals surface area contributed by atoms with E-state index in [9.17, 15) is 0 Å². The zero-order valence-corrected chi connectivity index (χ0v) is 10.1. The molecule has 1 aliphatic carbocycles. The van der Waals surface area contributed by atoms with Crippen LogP contribution in [0.4, 0.5) is 0 Å². The Kier molecular flexibility index (Phi) is 3.39. The fraction of sp³-hybridized carbons (Fsp3) is 0.643. The number of rotatable bonds is 2. The van der Waals surface area contributed by atoms with Gasteiger partial charge in [0.05, 0.1) is 18.9 Å². The minimum Gasteiger partial charge on any atom is -0.345 e. The molecule has 0 spiro atoms. The maximum Gasteiger partial charge on any atom is 0.201 e. The minimum atomic E-state index is -0.237. The summed E-state index contributed by atoms with van der Waals surface area (Å²) in [6.45, 7) is 1.36. The molecule has 92 valence electrons. The van der Waals surface area contributed by atoms with Gasteiger partial charge in [0.2, 0.25) is 6.29 Å². The summed E-state index contributed by atoms with van der Waals surface area (Å²) in [6, 6.07) is 6.23. The molecule has 1 saturated carbocycles. The first-order chi connectivity index (χ1) is 8.43. The smallest absolute Gasteiger partial charge is 0.201 e. The molecule has 0 N–H and O–H groups in total. The molecule has 0 aromatic carbocycles. The molecule has 2 heterocycles. The van der Waals surface area contributed by atoms with Crippen molar-refractivity contribution >= 4 is 0 Å². The Labute approximate surface area is 102 Å². The Balaban J connectivity index is 1.77. The number of ether oxygens (including phenoxy) is 2. The third-order valence-electron chi connectivity index (χ3n) is 3.68. The lowest BCUT2D eigenvalue weighted by Crippen LogP contribution is -2.09. The summed E-state index contributed by atoms with van der Waals surface area (Å²) >= 11 is 0. The van der Waals surface area contributed by atoms with Crippen LogP contribution in [0.5, 0.6) is 0 Å². The highest BCUT2D eigenvalue weighted by Crippen LogP contribution is 2.32. The van der Waals surface area contributed by atoms with Crippen molar-refractivity contribution in [2.24, 2.45) is 0 Å². The van der Waals surface area contributed by atoms with Gasteiger partial charge >= 0.3 is 0 Å². The van der Waals surface area contributed by atoms with E-state index < -0.39 is 0 Å². The molecule has 0 bridgehead atoms. The maximum atomic E-state index is 5.50. The van der Waals surface area contributed by atoms with Crippen LogP contribution < -0.4 is 0 Å². The van der Waals surface area contributed by atoms with E-state index in [1.807, 2.05) is 6.07 Å². The van der Waals surface area contributed by atoms with Gasteiger partial charge in [0, 0.05) is 11.6 Å². The van der Waals surface area contributed by atoms with Gasteiger partial charge in [-0.15, -0.1) is 0 Å². The number of hydrogen-bond acceptors (Lipinski definition) is 3. The molecule has 0 radical (unpaired) electrons. The van der Waals surface area contributed by atoms with Gasteiger partial charge in [0.25, 0.3) is 0 Å². The van der Waals surface area contributed by atoms with E-state index in [0.717, 1.165) is 5.69 Å². The van der Waals surface area contributed by atoms with Crippen molar-refractivity contribution in [3.8, 4) is 0 Å². The van der Waals surface area contributed by atoms with Crippen LogP contribution in [-0.4, -0.2) is 18.2 Å². The summed E-state index contributed by atoms with van der Waals surface area (Å²) in [6.07, 6.45) is 6.38. The third kappa shape index (κ3) is 2.50. The molecule has 17 heavy (non-hydrogen) atoms. The topological polar surface area (TPSA) is 31.4 Å². The molecule has 0 atom stereocenters.